The van der Waals surface area contributed by atoms with Crippen molar-refractivity contribution in [2.45, 2.75) is 58.7 Å². The SMILES string of the molecule is COc1ccccc1-c1cc2c(c(-c3cc4cc(CN5CCCCC5)ccc4n3C(=O)OC(C)(C)C)c1)C(=O)NC2. The van der Waals surface area contributed by atoms with Gasteiger partial charge < -0.3 is 14.8 Å². The minimum absolute atomic E-state index is 0.145. The Labute approximate surface area is 241 Å². The molecular weight excluding hydrogens is 514 g/mol. The van der Waals surface area contributed by atoms with Gasteiger partial charge in [-0.2, -0.15) is 0 Å². The van der Waals surface area contributed by atoms with Crippen molar-refractivity contribution >= 4 is 22.9 Å². The van der Waals surface area contributed by atoms with E-state index in [9.17, 15) is 9.59 Å². The molecule has 3 heterocycles. The van der Waals surface area contributed by atoms with Crippen LogP contribution < -0.4 is 10.1 Å². The lowest BCUT2D eigenvalue weighted by Gasteiger charge is -2.26. The molecule has 41 heavy (non-hydrogen) atoms. The number of nitrogens with zero attached hydrogens (tertiary/aromatic N) is 2. The van der Waals surface area contributed by atoms with E-state index < -0.39 is 11.7 Å². The van der Waals surface area contributed by atoms with Gasteiger partial charge in [0.1, 0.15) is 11.4 Å². The summed E-state index contributed by atoms with van der Waals surface area (Å²) in [7, 11) is 1.65. The number of methoxy groups -OCH3 is 1. The van der Waals surface area contributed by atoms with E-state index >= 15 is 0 Å². The van der Waals surface area contributed by atoms with Crippen LogP contribution in [0.15, 0.2) is 60.7 Å². The number of para-hydroxylation sites is 1. The molecule has 0 spiro atoms. The zero-order chi connectivity index (χ0) is 28.7. The summed E-state index contributed by atoms with van der Waals surface area (Å²) in [6.45, 7) is 9.11. The van der Waals surface area contributed by atoms with Crippen molar-refractivity contribution in [2.75, 3.05) is 20.2 Å². The molecule has 2 aliphatic rings. The number of benzene rings is 3. The summed E-state index contributed by atoms with van der Waals surface area (Å²) in [5.74, 6) is 0.596. The smallest absolute Gasteiger partial charge is 0.419 e. The second kappa shape index (κ2) is 10.7. The van der Waals surface area contributed by atoms with Crippen molar-refractivity contribution in [3.63, 3.8) is 0 Å². The molecule has 1 amide bonds. The number of likely N-dealkylation sites (tertiary alicyclic amines) is 1. The van der Waals surface area contributed by atoms with Crippen LogP contribution in [0.25, 0.3) is 33.3 Å². The maximum atomic E-state index is 13.8. The molecule has 212 valence electrons. The van der Waals surface area contributed by atoms with Gasteiger partial charge in [-0.05, 0) is 99.8 Å². The summed E-state index contributed by atoms with van der Waals surface area (Å²) in [6, 6.07) is 20.1. The van der Waals surface area contributed by atoms with Crippen molar-refractivity contribution in [3.05, 3.63) is 77.4 Å². The molecule has 0 atom stereocenters. The summed E-state index contributed by atoms with van der Waals surface area (Å²) in [5, 5.41) is 3.92. The number of hydrogen-bond donors (Lipinski definition) is 1. The number of carbonyl (C=O) groups excluding carboxylic acids is 2. The fourth-order valence-corrected chi connectivity index (χ4v) is 6.06. The van der Waals surface area contributed by atoms with Gasteiger partial charge in [-0.25, -0.2) is 9.36 Å². The van der Waals surface area contributed by atoms with Gasteiger partial charge in [0.05, 0.1) is 23.9 Å². The summed E-state index contributed by atoms with van der Waals surface area (Å²) < 4.78 is 13.2. The summed E-state index contributed by atoms with van der Waals surface area (Å²) >= 11 is 0. The third-order valence-corrected chi connectivity index (χ3v) is 7.88. The van der Waals surface area contributed by atoms with Gasteiger partial charge in [-0.3, -0.25) is 9.69 Å². The second-order valence-electron chi connectivity index (χ2n) is 12.0. The molecule has 0 saturated carbocycles. The number of nitrogens with one attached hydrogen (secondary N) is 1. The molecular formula is C34H37N3O4. The molecule has 1 fully saturated rings. The second-order valence-corrected chi connectivity index (χ2v) is 12.0. The predicted molar refractivity (Wildman–Crippen MR) is 161 cm³/mol. The van der Waals surface area contributed by atoms with Crippen molar-refractivity contribution < 1.29 is 19.1 Å². The molecule has 1 saturated heterocycles. The number of fused-ring (bicyclic) bond motifs is 2. The van der Waals surface area contributed by atoms with Crippen molar-refractivity contribution in [3.8, 4) is 28.1 Å². The average molecular weight is 552 g/mol. The Bertz CT molecular complexity index is 1640. The molecule has 0 bridgehead atoms. The van der Waals surface area contributed by atoms with Crippen molar-refractivity contribution in [2.24, 2.45) is 0 Å². The van der Waals surface area contributed by atoms with Gasteiger partial charge in [0.15, 0.2) is 0 Å². The molecule has 0 aliphatic carbocycles. The zero-order valence-electron chi connectivity index (χ0n) is 24.3. The van der Waals surface area contributed by atoms with Crippen LogP contribution in [0.5, 0.6) is 5.75 Å². The quantitative estimate of drug-likeness (QED) is 0.289. The van der Waals surface area contributed by atoms with Crippen LogP contribution in [0, 0.1) is 0 Å². The molecule has 4 aromatic rings. The maximum Gasteiger partial charge on any atom is 0.419 e. The molecule has 7 heteroatoms. The number of piperidine rings is 1. The van der Waals surface area contributed by atoms with Gasteiger partial charge in [-0.15, -0.1) is 0 Å². The molecule has 2 aliphatic heterocycles. The van der Waals surface area contributed by atoms with Crippen LogP contribution >= 0.6 is 0 Å². The summed E-state index contributed by atoms with van der Waals surface area (Å²) in [5.41, 5.74) is 5.92. The lowest BCUT2D eigenvalue weighted by atomic mass is 9.93. The topological polar surface area (TPSA) is 72.8 Å². The molecule has 6 rings (SSSR count). The van der Waals surface area contributed by atoms with Crippen molar-refractivity contribution in [1.82, 2.24) is 14.8 Å². The number of ether oxygens (including phenoxy) is 2. The number of carbonyl (C=O) groups is 2. The Hall–Kier alpha value is -4.10. The van der Waals surface area contributed by atoms with Crippen molar-refractivity contribution in [1.29, 1.82) is 0 Å². The lowest BCUT2D eigenvalue weighted by molar-refractivity contribution is 0.0547. The Morgan fingerprint density at radius 3 is 2.49 bits per heavy atom. The Morgan fingerprint density at radius 2 is 1.73 bits per heavy atom. The van der Waals surface area contributed by atoms with Gasteiger partial charge in [-0.1, -0.05) is 30.7 Å². The van der Waals surface area contributed by atoms with E-state index in [1.807, 2.05) is 69.3 Å². The molecule has 0 unspecified atom stereocenters. The van der Waals surface area contributed by atoms with Gasteiger partial charge in [0.25, 0.3) is 5.91 Å². The van der Waals surface area contributed by atoms with E-state index in [-0.39, 0.29) is 5.91 Å². The van der Waals surface area contributed by atoms with E-state index in [2.05, 4.69) is 22.3 Å². The van der Waals surface area contributed by atoms with E-state index in [1.54, 1.807) is 11.7 Å². The first-order valence-electron chi connectivity index (χ1n) is 14.4. The Kier molecular flexibility index (Phi) is 7.08. The third-order valence-electron chi connectivity index (χ3n) is 7.88. The largest absolute Gasteiger partial charge is 0.496 e. The first-order valence-corrected chi connectivity index (χ1v) is 14.4. The number of aromatic nitrogens is 1. The normalized spacial score (nSPS) is 15.6. The highest BCUT2D eigenvalue weighted by Crippen LogP contribution is 2.40. The first kappa shape index (κ1) is 27.1. The molecule has 1 N–H and O–H groups in total. The van der Waals surface area contributed by atoms with Crippen LogP contribution in [-0.2, 0) is 17.8 Å². The van der Waals surface area contributed by atoms with E-state index in [0.29, 0.717) is 23.4 Å². The highest BCUT2D eigenvalue weighted by Gasteiger charge is 2.30. The Morgan fingerprint density at radius 1 is 0.951 bits per heavy atom. The molecule has 7 nitrogen and oxygen atoms in total. The highest BCUT2D eigenvalue weighted by molar-refractivity contribution is 6.08. The van der Waals surface area contributed by atoms with Crippen LogP contribution in [0.1, 0.15) is 61.5 Å². The number of hydrogen-bond acceptors (Lipinski definition) is 5. The highest BCUT2D eigenvalue weighted by atomic mass is 16.6. The maximum absolute atomic E-state index is 13.8. The first-order chi connectivity index (χ1) is 19.7. The minimum atomic E-state index is -0.683. The van der Waals surface area contributed by atoms with Gasteiger partial charge in [0.2, 0.25) is 0 Å². The fraction of sp³-hybridized carbons (Fsp3) is 0.353. The molecule has 0 radical (unpaired) electrons. The van der Waals surface area contributed by atoms with E-state index in [4.69, 9.17) is 9.47 Å². The van der Waals surface area contributed by atoms with Gasteiger partial charge >= 0.3 is 6.09 Å². The number of amides is 1. The van der Waals surface area contributed by atoms with Crippen LogP contribution in [0.2, 0.25) is 0 Å². The monoisotopic (exact) mass is 551 g/mol. The Balaban J connectivity index is 1.54. The number of rotatable bonds is 5. The molecule has 3 aromatic carbocycles. The standard InChI is InChI=1S/C34H37N3O4/c1-34(2,3)41-33(39)37-28-13-12-22(21-36-14-8-5-9-15-36)16-24(28)19-29(37)27-18-23(17-25-20-35-32(38)31(25)27)26-10-6-7-11-30(26)40-4/h6-7,10-13,16-19H,5,8-9,14-15,20-21H2,1-4H3,(H,35,38). The molecule has 1 aromatic heterocycles. The van der Waals surface area contributed by atoms with Crippen LogP contribution in [0.3, 0.4) is 0 Å². The van der Waals surface area contributed by atoms with Gasteiger partial charge in [0, 0.05) is 29.6 Å². The van der Waals surface area contributed by atoms with Crippen LogP contribution in [0.4, 0.5) is 4.79 Å². The van der Waals surface area contributed by atoms with E-state index in [1.165, 1.54) is 24.8 Å². The van der Waals surface area contributed by atoms with Crippen LogP contribution in [-0.4, -0.2) is 47.3 Å². The predicted octanol–water partition coefficient (Wildman–Crippen LogP) is 7.00. The van der Waals surface area contributed by atoms with E-state index in [0.717, 1.165) is 53.0 Å². The lowest BCUT2D eigenvalue weighted by Crippen LogP contribution is -2.29. The average Bonchev–Trinajstić information content (AvgIpc) is 3.52. The zero-order valence-corrected chi connectivity index (χ0v) is 24.3. The fourth-order valence-electron chi connectivity index (χ4n) is 6.06. The minimum Gasteiger partial charge on any atom is -0.496 e. The summed E-state index contributed by atoms with van der Waals surface area (Å²) in [4.78, 5) is 29.4. The summed E-state index contributed by atoms with van der Waals surface area (Å²) in [6.07, 6.45) is 3.29. The third kappa shape index (κ3) is 5.34.